The van der Waals surface area contributed by atoms with Crippen LogP contribution in [0.3, 0.4) is 0 Å². The SMILES string of the molecule is CS(=O)(=O)c1ccc(Cc2nccn2Cc2ccccc2N)cc1. The molecule has 0 spiro atoms. The molecule has 0 saturated carbocycles. The van der Waals surface area contributed by atoms with Crippen molar-refractivity contribution in [2.24, 2.45) is 0 Å². The number of benzene rings is 2. The van der Waals surface area contributed by atoms with Gasteiger partial charge in [-0.3, -0.25) is 0 Å². The van der Waals surface area contributed by atoms with Crippen LogP contribution in [-0.2, 0) is 22.8 Å². The quantitative estimate of drug-likeness (QED) is 0.723. The highest BCUT2D eigenvalue weighted by atomic mass is 32.2. The van der Waals surface area contributed by atoms with Gasteiger partial charge in [0.25, 0.3) is 0 Å². The fourth-order valence-electron chi connectivity index (χ4n) is 2.55. The Kier molecular flexibility index (Phi) is 4.40. The third-order valence-electron chi connectivity index (χ3n) is 3.91. The molecule has 3 rings (SSSR count). The van der Waals surface area contributed by atoms with Crippen LogP contribution in [0.1, 0.15) is 17.0 Å². The molecule has 2 N–H and O–H groups in total. The Morgan fingerprint density at radius 2 is 1.79 bits per heavy atom. The molecule has 0 saturated heterocycles. The van der Waals surface area contributed by atoms with E-state index in [4.69, 9.17) is 5.73 Å². The fraction of sp³-hybridized carbons (Fsp3) is 0.167. The van der Waals surface area contributed by atoms with Gasteiger partial charge in [0, 0.05) is 30.8 Å². The standard InChI is InChI=1S/C18H19N3O2S/c1-24(22,23)16-8-6-14(7-9-16)12-18-20-10-11-21(18)13-15-4-2-3-5-17(15)19/h2-11H,12-13,19H2,1H3. The molecule has 1 aromatic heterocycles. The van der Waals surface area contributed by atoms with E-state index in [9.17, 15) is 8.42 Å². The van der Waals surface area contributed by atoms with Gasteiger partial charge in [-0.05, 0) is 29.3 Å². The lowest BCUT2D eigenvalue weighted by Crippen LogP contribution is -2.07. The average molecular weight is 341 g/mol. The lowest BCUT2D eigenvalue weighted by atomic mass is 10.1. The number of para-hydroxylation sites is 1. The Morgan fingerprint density at radius 1 is 1.08 bits per heavy atom. The first-order valence-corrected chi connectivity index (χ1v) is 9.45. The van der Waals surface area contributed by atoms with Crippen molar-refractivity contribution >= 4 is 15.5 Å². The maximum Gasteiger partial charge on any atom is 0.175 e. The minimum absolute atomic E-state index is 0.326. The molecule has 2 aromatic carbocycles. The molecular formula is C18H19N3O2S. The molecule has 5 nitrogen and oxygen atoms in total. The van der Waals surface area contributed by atoms with Crippen LogP contribution in [0.2, 0.25) is 0 Å². The monoisotopic (exact) mass is 341 g/mol. The molecule has 0 aliphatic rings. The fourth-order valence-corrected chi connectivity index (χ4v) is 3.18. The predicted octanol–water partition coefficient (Wildman–Crippen LogP) is 2.51. The van der Waals surface area contributed by atoms with Crippen LogP contribution in [0.25, 0.3) is 0 Å². The van der Waals surface area contributed by atoms with Crippen molar-refractivity contribution < 1.29 is 8.42 Å². The van der Waals surface area contributed by atoms with Gasteiger partial charge in [-0.2, -0.15) is 0 Å². The largest absolute Gasteiger partial charge is 0.398 e. The molecule has 3 aromatic rings. The number of imidazole rings is 1. The molecule has 24 heavy (non-hydrogen) atoms. The summed E-state index contributed by atoms with van der Waals surface area (Å²) in [6.45, 7) is 0.656. The summed E-state index contributed by atoms with van der Waals surface area (Å²) in [7, 11) is -3.17. The summed E-state index contributed by atoms with van der Waals surface area (Å²) in [6, 6.07) is 14.7. The summed E-state index contributed by atoms with van der Waals surface area (Å²) in [5, 5.41) is 0. The van der Waals surface area contributed by atoms with Crippen molar-refractivity contribution in [3.8, 4) is 0 Å². The van der Waals surface area contributed by atoms with Gasteiger partial charge in [0.05, 0.1) is 11.4 Å². The highest BCUT2D eigenvalue weighted by molar-refractivity contribution is 7.90. The Labute approximate surface area is 141 Å². The number of anilines is 1. The van der Waals surface area contributed by atoms with Gasteiger partial charge in [0.2, 0.25) is 0 Å². The van der Waals surface area contributed by atoms with E-state index in [1.807, 2.05) is 42.6 Å². The number of nitrogens with zero attached hydrogens (tertiary/aromatic N) is 2. The normalized spacial score (nSPS) is 11.5. The number of nitrogens with two attached hydrogens (primary N) is 1. The summed E-state index contributed by atoms with van der Waals surface area (Å²) in [5.41, 5.74) is 8.82. The van der Waals surface area contributed by atoms with E-state index in [1.54, 1.807) is 18.3 Å². The first kappa shape index (κ1) is 16.3. The van der Waals surface area contributed by atoms with E-state index in [0.29, 0.717) is 17.9 Å². The summed E-state index contributed by atoms with van der Waals surface area (Å²) in [6.07, 6.45) is 5.52. The molecule has 0 radical (unpaired) electrons. The first-order chi connectivity index (χ1) is 11.4. The molecule has 6 heteroatoms. The Morgan fingerprint density at radius 3 is 2.46 bits per heavy atom. The zero-order chi connectivity index (χ0) is 17.2. The number of nitrogen functional groups attached to an aromatic ring is 1. The van der Waals surface area contributed by atoms with E-state index in [0.717, 1.165) is 22.6 Å². The third kappa shape index (κ3) is 3.65. The first-order valence-electron chi connectivity index (χ1n) is 7.56. The molecular weight excluding hydrogens is 322 g/mol. The minimum atomic E-state index is -3.17. The van der Waals surface area contributed by atoms with E-state index < -0.39 is 9.84 Å². The van der Waals surface area contributed by atoms with Crippen molar-refractivity contribution in [2.45, 2.75) is 17.9 Å². The summed E-state index contributed by atoms with van der Waals surface area (Å²) >= 11 is 0. The smallest absolute Gasteiger partial charge is 0.175 e. The molecule has 124 valence electrons. The number of hydrogen-bond donors (Lipinski definition) is 1. The highest BCUT2D eigenvalue weighted by Crippen LogP contribution is 2.16. The predicted molar refractivity (Wildman–Crippen MR) is 94.5 cm³/mol. The van der Waals surface area contributed by atoms with Gasteiger partial charge in [-0.15, -0.1) is 0 Å². The van der Waals surface area contributed by atoms with E-state index in [2.05, 4.69) is 9.55 Å². The van der Waals surface area contributed by atoms with Crippen LogP contribution in [-0.4, -0.2) is 24.2 Å². The van der Waals surface area contributed by atoms with Gasteiger partial charge < -0.3 is 10.3 Å². The summed E-state index contributed by atoms with van der Waals surface area (Å²) in [5.74, 6) is 0.908. The Balaban J connectivity index is 1.80. The van der Waals surface area contributed by atoms with Crippen LogP contribution in [0, 0.1) is 0 Å². The highest BCUT2D eigenvalue weighted by Gasteiger charge is 2.09. The zero-order valence-corrected chi connectivity index (χ0v) is 14.2. The zero-order valence-electron chi connectivity index (χ0n) is 13.4. The van der Waals surface area contributed by atoms with Crippen molar-refractivity contribution in [1.29, 1.82) is 0 Å². The van der Waals surface area contributed by atoms with Crippen LogP contribution >= 0.6 is 0 Å². The summed E-state index contributed by atoms with van der Waals surface area (Å²) < 4.78 is 25.1. The van der Waals surface area contributed by atoms with Crippen molar-refractivity contribution in [1.82, 2.24) is 9.55 Å². The number of sulfone groups is 1. The lowest BCUT2D eigenvalue weighted by Gasteiger charge is -2.10. The van der Waals surface area contributed by atoms with Crippen LogP contribution in [0.4, 0.5) is 5.69 Å². The second kappa shape index (κ2) is 6.49. The lowest BCUT2D eigenvalue weighted by molar-refractivity contribution is 0.602. The van der Waals surface area contributed by atoms with Crippen LogP contribution in [0.15, 0.2) is 65.8 Å². The van der Waals surface area contributed by atoms with Gasteiger partial charge in [0.15, 0.2) is 9.84 Å². The van der Waals surface area contributed by atoms with Gasteiger partial charge in [0.1, 0.15) is 5.82 Å². The van der Waals surface area contributed by atoms with E-state index in [-0.39, 0.29) is 0 Å². The molecule has 0 fully saturated rings. The third-order valence-corrected chi connectivity index (χ3v) is 5.04. The number of aromatic nitrogens is 2. The molecule has 0 bridgehead atoms. The van der Waals surface area contributed by atoms with Gasteiger partial charge >= 0.3 is 0 Å². The van der Waals surface area contributed by atoms with Crippen LogP contribution < -0.4 is 5.73 Å². The molecule has 0 aliphatic carbocycles. The maximum atomic E-state index is 11.5. The minimum Gasteiger partial charge on any atom is -0.398 e. The van der Waals surface area contributed by atoms with Gasteiger partial charge in [-0.1, -0.05) is 30.3 Å². The topological polar surface area (TPSA) is 78.0 Å². The molecule has 0 amide bonds. The van der Waals surface area contributed by atoms with Crippen molar-refractivity contribution in [3.63, 3.8) is 0 Å². The Hall–Kier alpha value is -2.60. The second-order valence-electron chi connectivity index (χ2n) is 5.76. The van der Waals surface area contributed by atoms with E-state index >= 15 is 0 Å². The average Bonchev–Trinajstić information content (AvgIpc) is 2.96. The second-order valence-corrected chi connectivity index (χ2v) is 7.78. The molecule has 1 heterocycles. The van der Waals surface area contributed by atoms with E-state index in [1.165, 1.54) is 6.26 Å². The number of hydrogen-bond acceptors (Lipinski definition) is 4. The summed E-state index contributed by atoms with van der Waals surface area (Å²) in [4.78, 5) is 4.74. The maximum absolute atomic E-state index is 11.5. The Bertz CT molecular complexity index is 944. The molecule has 0 atom stereocenters. The number of rotatable bonds is 5. The molecule has 0 unspecified atom stereocenters. The molecule has 0 aliphatic heterocycles. The van der Waals surface area contributed by atoms with Gasteiger partial charge in [-0.25, -0.2) is 13.4 Å². The van der Waals surface area contributed by atoms with Crippen LogP contribution in [0.5, 0.6) is 0 Å². The van der Waals surface area contributed by atoms with Crippen molar-refractivity contribution in [2.75, 3.05) is 12.0 Å². The van der Waals surface area contributed by atoms with Crippen molar-refractivity contribution in [3.05, 3.63) is 77.9 Å².